The second kappa shape index (κ2) is 6.06. The Morgan fingerprint density at radius 1 is 1.29 bits per heavy atom. The van der Waals surface area contributed by atoms with Gasteiger partial charge >= 0.3 is 0 Å². The molecule has 4 nitrogen and oxygen atoms in total. The molecule has 4 heteroatoms. The molecular weight excluding hydrogens is 262 g/mol. The molecule has 1 amide bonds. The molecule has 2 aliphatic rings. The number of anilines is 1. The number of fused-ring (bicyclic) bond motifs is 1. The van der Waals surface area contributed by atoms with E-state index in [1.807, 2.05) is 4.90 Å². The summed E-state index contributed by atoms with van der Waals surface area (Å²) in [4.78, 5) is 16.8. The first-order chi connectivity index (χ1) is 10.2. The molecule has 114 valence electrons. The minimum absolute atomic E-state index is 0.0692. The lowest BCUT2D eigenvalue weighted by molar-refractivity contribution is -0.134. The van der Waals surface area contributed by atoms with E-state index in [4.69, 9.17) is 5.73 Å². The summed E-state index contributed by atoms with van der Waals surface area (Å²) in [5.74, 6) is 0.174. The van der Waals surface area contributed by atoms with Crippen molar-refractivity contribution in [2.24, 2.45) is 11.7 Å². The monoisotopic (exact) mass is 287 g/mol. The summed E-state index contributed by atoms with van der Waals surface area (Å²) < 4.78 is 0. The predicted octanol–water partition coefficient (Wildman–Crippen LogP) is 1.42. The average molecular weight is 287 g/mol. The molecule has 1 saturated heterocycles. The van der Waals surface area contributed by atoms with Crippen LogP contribution in [0.3, 0.4) is 0 Å². The lowest BCUT2D eigenvalue weighted by atomic mass is 9.96. The van der Waals surface area contributed by atoms with Crippen LogP contribution in [0.5, 0.6) is 0 Å². The summed E-state index contributed by atoms with van der Waals surface area (Å²) >= 11 is 0. The van der Waals surface area contributed by atoms with E-state index in [9.17, 15) is 4.79 Å². The van der Waals surface area contributed by atoms with Crippen LogP contribution in [-0.2, 0) is 17.6 Å². The van der Waals surface area contributed by atoms with E-state index in [2.05, 4.69) is 30.1 Å². The van der Waals surface area contributed by atoms with Crippen molar-refractivity contribution in [3.63, 3.8) is 0 Å². The van der Waals surface area contributed by atoms with Gasteiger partial charge in [0.05, 0.1) is 5.92 Å². The number of hydrogen-bond donors (Lipinski definition) is 1. The zero-order valence-corrected chi connectivity index (χ0v) is 12.8. The number of hydrogen-bond acceptors (Lipinski definition) is 3. The van der Waals surface area contributed by atoms with Crippen molar-refractivity contribution >= 4 is 11.6 Å². The van der Waals surface area contributed by atoms with E-state index in [0.717, 1.165) is 45.3 Å². The molecule has 2 aliphatic heterocycles. The minimum atomic E-state index is -0.0692. The van der Waals surface area contributed by atoms with Crippen LogP contribution in [0.4, 0.5) is 5.69 Å². The van der Waals surface area contributed by atoms with Gasteiger partial charge in [-0.2, -0.15) is 0 Å². The summed E-state index contributed by atoms with van der Waals surface area (Å²) in [7, 11) is 2.13. The molecule has 0 bridgehead atoms. The molecule has 1 fully saturated rings. The van der Waals surface area contributed by atoms with Crippen LogP contribution >= 0.6 is 0 Å². The SMILES string of the molecule is CN1CCc2cc(CC(CN)C(=O)N3CCCC3)ccc21. The molecule has 1 unspecified atom stereocenters. The third kappa shape index (κ3) is 2.91. The summed E-state index contributed by atoms with van der Waals surface area (Å²) in [6.07, 6.45) is 4.14. The van der Waals surface area contributed by atoms with E-state index in [-0.39, 0.29) is 11.8 Å². The summed E-state index contributed by atoms with van der Waals surface area (Å²) in [5.41, 5.74) is 9.84. The molecule has 3 rings (SSSR count). The fourth-order valence-electron chi connectivity index (χ4n) is 3.50. The molecule has 0 aromatic heterocycles. The summed E-state index contributed by atoms with van der Waals surface area (Å²) in [6, 6.07) is 6.60. The highest BCUT2D eigenvalue weighted by molar-refractivity contribution is 5.79. The molecule has 0 radical (unpaired) electrons. The molecule has 1 aromatic rings. The Kier molecular flexibility index (Phi) is 4.15. The quantitative estimate of drug-likeness (QED) is 0.911. The van der Waals surface area contributed by atoms with Crippen molar-refractivity contribution in [2.45, 2.75) is 25.7 Å². The second-order valence-corrected chi connectivity index (χ2v) is 6.30. The summed E-state index contributed by atoms with van der Waals surface area (Å²) in [5, 5.41) is 0. The molecule has 2 N–H and O–H groups in total. The van der Waals surface area contributed by atoms with Gasteiger partial charge in [0.2, 0.25) is 5.91 Å². The van der Waals surface area contributed by atoms with Gasteiger partial charge in [-0.15, -0.1) is 0 Å². The van der Waals surface area contributed by atoms with Gasteiger partial charge in [0, 0.05) is 38.9 Å². The Labute approximate surface area is 126 Å². The van der Waals surface area contributed by atoms with Crippen molar-refractivity contribution in [3.8, 4) is 0 Å². The van der Waals surface area contributed by atoms with E-state index in [1.165, 1.54) is 16.8 Å². The lowest BCUT2D eigenvalue weighted by Gasteiger charge is -2.22. The maximum absolute atomic E-state index is 12.5. The Bertz CT molecular complexity index is 523. The van der Waals surface area contributed by atoms with E-state index in [1.54, 1.807) is 0 Å². The minimum Gasteiger partial charge on any atom is -0.374 e. The van der Waals surface area contributed by atoms with Crippen molar-refractivity contribution in [1.82, 2.24) is 4.90 Å². The number of nitrogens with zero attached hydrogens (tertiary/aromatic N) is 2. The first kappa shape index (κ1) is 14.4. The molecule has 1 aromatic carbocycles. The van der Waals surface area contributed by atoms with Crippen LogP contribution in [0.1, 0.15) is 24.0 Å². The second-order valence-electron chi connectivity index (χ2n) is 6.30. The van der Waals surface area contributed by atoms with Crippen LogP contribution in [-0.4, -0.2) is 44.0 Å². The third-order valence-corrected chi connectivity index (χ3v) is 4.81. The van der Waals surface area contributed by atoms with Gasteiger partial charge in [-0.3, -0.25) is 4.79 Å². The zero-order chi connectivity index (χ0) is 14.8. The first-order valence-corrected chi connectivity index (χ1v) is 8.01. The van der Waals surface area contributed by atoms with Crippen molar-refractivity contribution < 1.29 is 4.79 Å². The van der Waals surface area contributed by atoms with E-state index >= 15 is 0 Å². The molecular formula is C17H25N3O. The van der Waals surface area contributed by atoms with Crippen LogP contribution in [0.2, 0.25) is 0 Å². The van der Waals surface area contributed by atoms with Crippen molar-refractivity contribution in [2.75, 3.05) is 38.1 Å². The van der Waals surface area contributed by atoms with Crippen LogP contribution in [0.25, 0.3) is 0 Å². The zero-order valence-electron chi connectivity index (χ0n) is 12.8. The van der Waals surface area contributed by atoms with Gasteiger partial charge < -0.3 is 15.5 Å². The van der Waals surface area contributed by atoms with Gasteiger partial charge in [0.15, 0.2) is 0 Å². The number of carbonyl (C=O) groups excluding carboxylic acids is 1. The van der Waals surface area contributed by atoms with Gasteiger partial charge in [0.25, 0.3) is 0 Å². The normalized spacial score (nSPS) is 19.0. The van der Waals surface area contributed by atoms with Crippen molar-refractivity contribution in [3.05, 3.63) is 29.3 Å². The van der Waals surface area contributed by atoms with E-state index in [0.29, 0.717) is 6.54 Å². The highest BCUT2D eigenvalue weighted by Crippen LogP contribution is 2.28. The predicted molar refractivity (Wildman–Crippen MR) is 85.5 cm³/mol. The largest absolute Gasteiger partial charge is 0.374 e. The molecule has 21 heavy (non-hydrogen) atoms. The molecule has 0 aliphatic carbocycles. The van der Waals surface area contributed by atoms with Crippen LogP contribution in [0.15, 0.2) is 18.2 Å². The Hall–Kier alpha value is -1.55. The Morgan fingerprint density at radius 2 is 2.05 bits per heavy atom. The van der Waals surface area contributed by atoms with Gasteiger partial charge in [-0.25, -0.2) is 0 Å². The number of amides is 1. The fraction of sp³-hybridized carbons (Fsp3) is 0.588. The lowest BCUT2D eigenvalue weighted by Crippen LogP contribution is -2.38. The molecule has 0 spiro atoms. The molecule has 0 saturated carbocycles. The average Bonchev–Trinajstić information content (AvgIpc) is 3.14. The highest BCUT2D eigenvalue weighted by Gasteiger charge is 2.26. The van der Waals surface area contributed by atoms with Crippen LogP contribution < -0.4 is 10.6 Å². The highest BCUT2D eigenvalue weighted by atomic mass is 16.2. The smallest absolute Gasteiger partial charge is 0.227 e. The maximum atomic E-state index is 12.5. The number of rotatable bonds is 4. The molecule has 1 atom stereocenters. The van der Waals surface area contributed by atoms with Gasteiger partial charge in [0.1, 0.15) is 0 Å². The number of benzene rings is 1. The fourth-order valence-corrected chi connectivity index (χ4v) is 3.50. The van der Waals surface area contributed by atoms with Crippen LogP contribution in [0, 0.1) is 5.92 Å². The number of carbonyl (C=O) groups is 1. The Morgan fingerprint density at radius 3 is 2.76 bits per heavy atom. The van der Waals surface area contributed by atoms with Gasteiger partial charge in [-0.1, -0.05) is 12.1 Å². The van der Waals surface area contributed by atoms with Gasteiger partial charge in [-0.05, 0) is 42.9 Å². The standard InChI is InChI=1S/C17H25N3O/c1-19-9-6-14-10-13(4-5-16(14)19)11-15(12-18)17(21)20-7-2-3-8-20/h4-5,10,15H,2-3,6-9,11-12,18H2,1H3. The first-order valence-electron chi connectivity index (χ1n) is 8.01. The topological polar surface area (TPSA) is 49.6 Å². The molecule has 2 heterocycles. The Balaban J connectivity index is 1.70. The van der Waals surface area contributed by atoms with Crippen molar-refractivity contribution in [1.29, 1.82) is 0 Å². The maximum Gasteiger partial charge on any atom is 0.227 e. The summed E-state index contributed by atoms with van der Waals surface area (Å²) in [6.45, 7) is 3.34. The number of likely N-dealkylation sites (N-methyl/N-ethyl adjacent to an activating group) is 1. The third-order valence-electron chi connectivity index (χ3n) is 4.81. The van der Waals surface area contributed by atoms with E-state index < -0.39 is 0 Å². The number of nitrogens with two attached hydrogens (primary N) is 1. The number of likely N-dealkylation sites (tertiary alicyclic amines) is 1.